The fraction of sp³-hybridized carbons (Fsp3) is 0.574. The van der Waals surface area contributed by atoms with Gasteiger partial charge in [-0.2, -0.15) is 0 Å². The Labute approximate surface area is 460 Å². The monoisotopic (exact) mass is 1070 g/mol. The molecule has 0 bridgehead atoms. The number of aromatic hydroxyl groups is 1. The molecule has 2 heterocycles. The van der Waals surface area contributed by atoms with E-state index in [1.165, 1.54) is 15.4 Å². The lowest BCUT2D eigenvalue weighted by molar-refractivity contribution is -0.144. The summed E-state index contributed by atoms with van der Waals surface area (Å²) in [4.78, 5) is 117. The van der Waals surface area contributed by atoms with E-state index in [1.54, 1.807) is 64.3 Å². The molecule has 7 rings (SSSR count). The molecule has 0 unspecified atom stereocenters. The van der Waals surface area contributed by atoms with Crippen LogP contribution in [0.4, 0.5) is 0 Å². The molecule has 78 heavy (non-hydrogen) atoms. The first kappa shape index (κ1) is 59.2. The number of likely N-dealkylation sites (N-methyl/N-ethyl adjacent to an activating group) is 2. The van der Waals surface area contributed by atoms with E-state index in [9.17, 15) is 43.5 Å². The van der Waals surface area contributed by atoms with Gasteiger partial charge >= 0.3 is 0 Å². The zero-order valence-corrected chi connectivity index (χ0v) is 47.6. The van der Waals surface area contributed by atoms with Crippen molar-refractivity contribution in [1.29, 1.82) is 0 Å². The standard InChI is InChI=1S/C61H84N8O9/c1-34-21-23-44-39(25-34)15-13-19-46(44)64-56(75)48-26-37(32-68(48)58(77)52(60(4,5)6)66-54(73)35(2)62-10)28-50(71)41-17-12-18-42(30-41)51(72)29-38-27-49(57(76)65-47-20-14-16-40-31-43(70)22-24-45(40)47)69(33-38)59(78)53(61(7,8)9)67-55(74)36(3)63-11/h12,17-18,21-25,30-31,35-38,46-49,52-53,62-63,70H,13-16,19-20,26-29,32-33H2,1-11H3,(H,64,75)(H,65,76)(H,66,73)(H,67,74)/t35-,36-,37+,38+,46+,47+,48-,49-,52+,53+/m0/s1. The van der Waals surface area contributed by atoms with Crippen LogP contribution in [0.3, 0.4) is 0 Å². The molecule has 0 radical (unpaired) electrons. The highest BCUT2D eigenvalue weighted by Crippen LogP contribution is 2.37. The molecule has 6 amide bonds. The fourth-order valence-corrected chi connectivity index (χ4v) is 11.8. The van der Waals surface area contributed by atoms with E-state index in [4.69, 9.17) is 0 Å². The number of rotatable bonds is 18. The zero-order valence-electron chi connectivity index (χ0n) is 47.6. The number of benzene rings is 3. The third-order valence-electron chi connectivity index (χ3n) is 16.5. The van der Waals surface area contributed by atoms with E-state index >= 15 is 0 Å². The van der Waals surface area contributed by atoms with Crippen LogP contribution in [0.25, 0.3) is 0 Å². The highest BCUT2D eigenvalue weighted by Gasteiger charge is 2.48. The maximum atomic E-state index is 14.8. The third-order valence-corrected chi connectivity index (χ3v) is 16.5. The number of carbonyl (C=O) groups excluding carboxylic acids is 8. The zero-order chi connectivity index (χ0) is 57.0. The lowest BCUT2D eigenvalue weighted by atomic mass is 9.85. The number of phenolic OH excluding ortho intramolecular Hbond substituents is 1. The number of phenols is 1. The summed E-state index contributed by atoms with van der Waals surface area (Å²) in [6.45, 7) is 16.7. The summed E-state index contributed by atoms with van der Waals surface area (Å²) in [5.74, 6) is -3.52. The number of hydrogen-bond donors (Lipinski definition) is 7. The van der Waals surface area contributed by atoms with Crippen molar-refractivity contribution in [3.63, 3.8) is 0 Å². The second-order valence-corrected chi connectivity index (χ2v) is 24.7. The van der Waals surface area contributed by atoms with Gasteiger partial charge in [0.15, 0.2) is 11.6 Å². The smallest absolute Gasteiger partial charge is 0.246 e. The third kappa shape index (κ3) is 13.9. The van der Waals surface area contributed by atoms with E-state index in [1.807, 2.05) is 60.6 Å². The van der Waals surface area contributed by atoms with Gasteiger partial charge in [0.25, 0.3) is 0 Å². The molecule has 0 saturated carbocycles. The minimum atomic E-state index is -0.993. The first-order valence-corrected chi connectivity index (χ1v) is 28.0. The van der Waals surface area contributed by atoms with Gasteiger partial charge in [-0.05, 0) is 149 Å². The quantitative estimate of drug-likeness (QED) is 0.0736. The van der Waals surface area contributed by atoms with Crippen LogP contribution in [0.5, 0.6) is 5.75 Å². The van der Waals surface area contributed by atoms with E-state index in [0.29, 0.717) is 12.0 Å². The predicted molar refractivity (Wildman–Crippen MR) is 298 cm³/mol. The molecule has 10 atom stereocenters. The minimum absolute atomic E-state index is 0.0121. The molecule has 17 nitrogen and oxygen atoms in total. The number of carbonyl (C=O) groups is 8. The summed E-state index contributed by atoms with van der Waals surface area (Å²) in [6, 6.07) is 12.3. The number of Topliss-reactive ketones (excluding diaryl/α,β-unsaturated/α-hetero) is 2. The number of nitrogens with zero attached hydrogens (tertiary/aromatic N) is 2. The number of amides is 6. The van der Waals surface area contributed by atoms with Gasteiger partial charge in [-0.25, -0.2) is 0 Å². The molecule has 422 valence electrons. The molecule has 2 aliphatic carbocycles. The number of nitrogens with one attached hydrogen (secondary N) is 6. The van der Waals surface area contributed by atoms with Crippen LogP contribution in [0.2, 0.25) is 0 Å². The second-order valence-electron chi connectivity index (χ2n) is 24.7. The number of ketones is 2. The van der Waals surface area contributed by atoms with Gasteiger partial charge in [-0.15, -0.1) is 0 Å². The summed E-state index contributed by atoms with van der Waals surface area (Å²) in [5, 5.41) is 28.3. The van der Waals surface area contributed by atoms with Crippen molar-refractivity contribution in [2.45, 2.75) is 175 Å². The largest absolute Gasteiger partial charge is 0.508 e. The van der Waals surface area contributed by atoms with Gasteiger partial charge in [-0.3, -0.25) is 38.4 Å². The molecule has 2 fully saturated rings. The van der Waals surface area contributed by atoms with Gasteiger partial charge < -0.3 is 46.8 Å². The van der Waals surface area contributed by atoms with Crippen molar-refractivity contribution in [3.8, 4) is 5.75 Å². The lowest BCUT2D eigenvalue weighted by Gasteiger charge is -2.36. The van der Waals surface area contributed by atoms with Crippen LogP contribution in [0.15, 0.2) is 60.7 Å². The van der Waals surface area contributed by atoms with Crippen molar-refractivity contribution in [2.75, 3.05) is 27.2 Å². The Morgan fingerprint density at radius 2 is 1.03 bits per heavy atom. The normalized spacial score (nSPS) is 22.7. The number of fused-ring (bicyclic) bond motifs is 2. The maximum absolute atomic E-state index is 14.8. The summed E-state index contributed by atoms with van der Waals surface area (Å²) < 4.78 is 0. The average Bonchev–Trinajstić information content (AvgIpc) is 4.03. The molecule has 2 aliphatic heterocycles. The molecule has 3 aromatic rings. The summed E-state index contributed by atoms with van der Waals surface area (Å²) in [6.07, 6.45) is 5.11. The SMILES string of the molecule is CN[C@@H](C)C(=O)N[C@H](C(=O)N1C[C@@H](CC(=O)c2cccc(C(=O)C[C@H]3C[C@@H](C(=O)N[C@@H]4CCCc5cc(O)ccc54)N(C(=O)[C@@H](NC(=O)[C@H](C)NC)C(C)(C)C)C3)c2)C[C@H]1C(=O)N[C@@H]1CCCc2cc(C)ccc21)C(C)(C)C. The molecular formula is C61H84N8O9. The second kappa shape index (κ2) is 24.7. The predicted octanol–water partition coefficient (Wildman–Crippen LogP) is 5.95. The Hall–Kier alpha value is -6.46. The molecule has 3 aromatic carbocycles. The van der Waals surface area contributed by atoms with Crippen LogP contribution in [-0.2, 0) is 41.6 Å². The molecule has 2 saturated heterocycles. The van der Waals surface area contributed by atoms with Crippen LogP contribution >= 0.6 is 0 Å². The fourth-order valence-electron chi connectivity index (χ4n) is 11.8. The van der Waals surface area contributed by atoms with E-state index < -0.39 is 70.7 Å². The van der Waals surface area contributed by atoms with Crippen molar-refractivity contribution >= 4 is 47.0 Å². The Balaban J connectivity index is 1.09. The Morgan fingerprint density at radius 1 is 0.603 bits per heavy atom. The van der Waals surface area contributed by atoms with E-state index in [-0.39, 0.29) is 97.4 Å². The lowest BCUT2D eigenvalue weighted by Crippen LogP contribution is -2.59. The van der Waals surface area contributed by atoms with Gasteiger partial charge in [0.1, 0.15) is 29.9 Å². The Morgan fingerprint density at radius 3 is 1.45 bits per heavy atom. The Kier molecular flexibility index (Phi) is 18.7. The molecule has 0 aromatic heterocycles. The van der Waals surface area contributed by atoms with Gasteiger partial charge in [0.2, 0.25) is 35.4 Å². The number of likely N-dealkylation sites (tertiary alicyclic amines) is 2. The summed E-state index contributed by atoms with van der Waals surface area (Å²) >= 11 is 0. The van der Waals surface area contributed by atoms with Gasteiger partial charge in [0.05, 0.1) is 24.2 Å². The number of aryl methyl sites for hydroxylation is 3. The maximum Gasteiger partial charge on any atom is 0.246 e. The first-order chi connectivity index (χ1) is 36.8. The first-order valence-electron chi connectivity index (χ1n) is 28.0. The van der Waals surface area contributed by atoms with Crippen LogP contribution < -0.4 is 31.9 Å². The van der Waals surface area contributed by atoms with Crippen molar-refractivity contribution in [3.05, 3.63) is 99.6 Å². The van der Waals surface area contributed by atoms with Crippen molar-refractivity contribution in [2.24, 2.45) is 22.7 Å². The van der Waals surface area contributed by atoms with Crippen LogP contribution in [-0.4, -0.2) is 125 Å². The van der Waals surface area contributed by atoms with E-state index in [0.717, 1.165) is 54.4 Å². The highest BCUT2D eigenvalue weighted by molar-refractivity contribution is 6.02. The topological polar surface area (TPSA) is 235 Å². The molecule has 7 N–H and O–H groups in total. The Bertz CT molecular complexity index is 2580. The molecule has 0 spiro atoms. The van der Waals surface area contributed by atoms with Crippen LogP contribution in [0, 0.1) is 29.6 Å². The van der Waals surface area contributed by atoms with E-state index in [2.05, 4.69) is 44.0 Å². The highest BCUT2D eigenvalue weighted by atomic mass is 16.3. The van der Waals surface area contributed by atoms with Crippen LogP contribution in [0.1, 0.15) is 167 Å². The number of hydrogen-bond acceptors (Lipinski definition) is 11. The van der Waals surface area contributed by atoms with Crippen molar-refractivity contribution < 1.29 is 43.5 Å². The van der Waals surface area contributed by atoms with Gasteiger partial charge in [0, 0.05) is 37.1 Å². The molecule has 4 aliphatic rings. The minimum Gasteiger partial charge on any atom is -0.508 e. The molecule has 17 heteroatoms. The molecular weight excluding hydrogens is 989 g/mol. The summed E-state index contributed by atoms with van der Waals surface area (Å²) in [7, 11) is 3.31. The van der Waals surface area contributed by atoms with Crippen molar-refractivity contribution in [1.82, 2.24) is 41.7 Å². The van der Waals surface area contributed by atoms with Gasteiger partial charge in [-0.1, -0.05) is 89.6 Å². The summed E-state index contributed by atoms with van der Waals surface area (Å²) in [5.41, 5.74) is 4.34. The average molecular weight is 1070 g/mol.